The van der Waals surface area contributed by atoms with Gasteiger partial charge in [-0.3, -0.25) is 58.0 Å². The third-order valence-electron chi connectivity index (χ3n) is 15.6. The lowest BCUT2D eigenvalue weighted by Crippen LogP contribution is -2.88. The van der Waals surface area contributed by atoms with E-state index in [1.165, 1.54) is 27.7 Å². The summed E-state index contributed by atoms with van der Waals surface area (Å²) in [6.07, 6.45) is 7.64. The second-order valence-electron chi connectivity index (χ2n) is 23.8. The average Bonchev–Trinajstić information content (AvgIpc) is 0.840. The minimum atomic E-state index is -5.12. The summed E-state index contributed by atoms with van der Waals surface area (Å²) < 4.78 is 115. The predicted octanol–water partition coefficient (Wildman–Crippen LogP) is 3.06. The summed E-state index contributed by atoms with van der Waals surface area (Å²) in [6, 6.07) is -2.83. The van der Waals surface area contributed by atoms with E-state index in [2.05, 4.69) is 26.3 Å². The van der Waals surface area contributed by atoms with E-state index in [1.807, 2.05) is 0 Å². The SMILES string of the molecule is C=C(C)C(=O)OCCC[Si]12O[Si]3(CCCN4C(=O)C=CC4=O)O[Si]4(CCCOC(=O)C(=C)C)O[Si](CCCN5C(=O)C=CC5=O)(O1)O[Si]1(CCCOC(=O)C(=C)C)O[Si](CCCN5C(=O)C=CC5=O)(O2)O[Si](CCCOC(=O)C(=C)C)(O3)O[Si](CCCN2C(=O)C=CC2=O)(O4)O1. The van der Waals surface area contributed by atoms with Crippen LogP contribution >= 0.6 is 0 Å². The summed E-state index contributed by atoms with van der Waals surface area (Å²) in [5.74, 6) is -8.09. The first-order valence-corrected chi connectivity index (χ1v) is 46.7. The molecule has 0 aromatic heterocycles. The highest BCUT2D eigenvalue weighted by Crippen LogP contribution is 2.55. The Bertz CT molecular complexity index is 2810. The minimum absolute atomic E-state index is 0.0660. The maximum absolute atomic E-state index is 13.3. The van der Waals surface area contributed by atoms with E-state index < -0.39 is 142 Å². The van der Waals surface area contributed by atoms with Crippen molar-refractivity contribution >= 4 is 142 Å². The molecule has 0 unspecified atom stereocenters. The quantitative estimate of drug-likeness (QED) is 0.0217. The second-order valence-corrected chi connectivity index (χ2v) is 48.6. The van der Waals surface area contributed by atoms with Gasteiger partial charge in [0.1, 0.15) is 0 Å². The predicted molar refractivity (Wildman–Crippen MR) is 341 cm³/mol. The molecule has 10 heterocycles. The Kier molecular flexibility index (Phi) is 23.4. The number of ether oxygens (including phenoxy) is 4. The maximum atomic E-state index is 13.3. The third kappa shape index (κ3) is 17.5. The van der Waals surface area contributed by atoms with Crippen LogP contribution in [-0.4, -0.2) is 214 Å². The molecule has 0 aliphatic carbocycles. The Labute approximate surface area is 561 Å². The summed E-state index contributed by atoms with van der Waals surface area (Å²) in [4.78, 5) is 163. The number of carbonyl (C=O) groups excluding carboxylic acids is 12. The molecule has 10 aliphatic rings. The van der Waals surface area contributed by atoms with Crippen LogP contribution in [0.3, 0.4) is 0 Å². The minimum Gasteiger partial charge on any atom is -0.462 e. The fourth-order valence-electron chi connectivity index (χ4n) is 11.3. The molecule has 0 saturated carbocycles. The van der Waals surface area contributed by atoms with Crippen molar-refractivity contribution in [3.8, 4) is 0 Å². The van der Waals surface area contributed by atoms with Crippen LogP contribution in [0.2, 0.25) is 48.4 Å². The van der Waals surface area contributed by atoms with Gasteiger partial charge in [-0.25, -0.2) is 19.2 Å². The Morgan fingerprint density at radius 3 is 0.552 bits per heavy atom. The number of rotatable bonds is 36. The van der Waals surface area contributed by atoms with Gasteiger partial charge in [-0.1, -0.05) is 26.3 Å². The molecule has 8 bridgehead atoms. The molecule has 6 fully saturated rings. The highest BCUT2D eigenvalue weighted by atomic mass is 28.6. The van der Waals surface area contributed by atoms with Gasteiger partial charge in [0, 0.05) is 145 Å². The van der Waals surface area contributed by atoms with Crippen molar-refractivity contribution < 1.29 is 126 Å². The normalized spacial score (nSPS) is 30.1. The first-order valence-electron chi connectivity index (χ1n) is 31.3. The molecule has 0 aromatic rings. The molecular formula is C56H76N4O28Si8. The Balaban J connectivity index is 1.31. The molecule has 0 spiro atoms. The van der Waals surface area contributed by atoms with Crippen LogP contribution in [-0.2, 0) is 126 Å². The maximum Gasteiger partial charge on any atom is 0.479 e. The lowest BCUT2D eigenvalue weighted by Gasteiger charge is -2.63. The molecule has 6 saturated heterocycles. The monoisotopic (exact) mass is 1480 g/mol. The number of hydrogen-bond acceptors (Lipinski definition) is 28. The molecular weight excluding hydrogens is 1400 g/mol. The van der Waals surface area contributed by atoms with Crippen LogP contribution in [0.15, 0.2) is 97.2 Å². The van der Waals surface area contributed by atoms with Gasteiger partial charge in [0.05, 0.1) is 26.4 Å². The number of carbonyl (C=O) groups is 12. The second kappa shape index (κ2) is 30.4. The number of esters is 4. The van der Waals surface area contributed by atoms with Crippen molar-refractivity contribution in [1.29, 1.82) is 0 Å². The van der Waals surface area contributed by atoms with Gasteiger partial charge in [0.15, 0.2) is 0 Å². The van der Waals surface area contributed by atoms with Crippen LogP contribution in [0.5, 0.6) is 0 Å². The molecule has 0 N–H and O–H groups in total. The molecule has 10 rings (SSSR count). The Morgan fingerprint density at radius 2 is 0.417 bits per heavy atom. The first kappa shape index (κ1) is 73.9. The molecule has 10 aliphatic heterocycles. The van der Waals surface area contributed by atoms with Gasteiger partial charge in [0.25, 0.3) is 47.3 Å². The van der Waals surface area contributed by atoms with Gasteiger partial charge in [-0.15, -0.1) is 0 Å². The van der Waals surface area contributed by atoms with Gasteiger partial charge in [-0.2, -0.15) is 0 Å². The highest BCUT2D eigenvalue weighted by molar-refractivity contribution is 7.03. The van der Waals surface area contributed by atoms with Crippen LogP contribution < -0.4 is 0 Å². The standard InChI is InChI=1S/C56H76N4O28Si8/c1-41(2)53(69)73-29-13-37-93-77-89(33-9-25-57-45(61)17-18-46(57)62)80-94(38-14-30-74-54(70)42(3)4)81-90(78-93,34-10-26-58-47(63)19-20-48(58)64)83-96(40-16-32-76-56(72)44(7)8)85-91(79-93,35-11-27-59-49(65)21-22-50(59)66)84-95(82-89,39-15-31-75-55(71)43(5)6)87-92(86-94,88-96)36-12-28-60-51(67)23-24-52(60)68/h17-24H,1,3,5,7,9-16,25-40H2,2,4,6,8H3. The zero-order valence-electron chi connectivity index (χ0n) is 53.6. The van der Waals surface area contributed by atoms with E-state index in [0.717, 1.165) is 68.2 Å². The molecule has 8 amide bonds. The Morgan fingerprint density at radius 1 is 0.281 bits per heavy atom. The van der Waals surface area contributed by atoms with Crippen molar-refractivity contribution in [2.45, 2.75) is 127 Å². The average molecular weight is 1480 g/mol. The van der Waals surface area contributed by atoms with E-state index >= 15 is 0 Å². The smallest absolute Gasteiger partial charge is 0.462 e. The summed E-state index contributed by atoms with van der Waals surface area (Å²) in [5.41, 5.74) is 0.264. The lowest BCUT2D eigenvalue weighted by molar-refractivity contribution is -0.139. The summed E-state index contributed by atoms with van der Waals surface area (Å²) in [5, 5.41) is 0. The van der Waals surface area contributed by atoms with E-state index in [0.29, 0.717) is 0 Å². The number of amides is 8. The molecule has 520 valence electrons. The van der Waals surface area contributed by atoms with Crippen molar-refractivity contribution in [2.75, 3.05) is 52.6 Å². The van der Waals surface area contributed by atoms with E-state index in [1.54, 1.807) is 0 Å². The third-order valence-corrected chi connectivity index (χ3v) is 53.2. The van der Waals surface area contributed by atoms with E-state index in [4.69, 9.17) is 68.3 Å². The van der Waals surface area contributed by atoms with Crippen molar-refractivity contribution in [3.63, 3.8) is 0 Å². The summed E-state index contributed by atoms with van der Waals surface area (Å²) in [7, 11) is -41.0. The van der Waals surface area contributed by atoms with Crippen LogP contribution in [0.1, 0.15) is 79.1 Å². The zero-order valence-corrected chi connectivity index (χ0v) is 61.6. The number of hydrogen-bond donors (Lipinski definition) is 0. The van der Waals surface area contributed by atoms with Gasteiger partial charge in [0.2, 0.25) is 0 Å². The molecule has 96 heavy (non-hydrogen) atoms. The summed E-state index contributed by atoms with van der Waals surface area (Å²) >= 11 is 0. The molecule has 0 radical (unpaired) electrons. The summed E-state index contributed by atoms with van der Waals surface area (Å²) in [6.45, 7) is 18.2. The molecule has 0 aromatic carbocycles. The van der Waals surface area contributed by atoms with E-state index in [9.17, 15) is 57.5 Å². The molecule has 0 atom stereocenters. The van der Waals surface area contributed by atoms with Crippen LogP contribution in [0.4, 0.5) is 0 Å². The van der Waals surface area contributed by atoms with Gasteiger partial charge >= 0.3 is 94.3 Å². The Hall–Kier alpha value is -6.38. The number of imide groups is 4. The fraction of sp³-hybridized carbons (Fsp3) is 0.500. The topological polar surface area (TPSA) is 365 Å². The van der Waals surface area contributed by atoms with Gasteiger partial charge < -0.3 is 68.3 Å². The molecule has 32 nitrogen and oxygen atoms in total. The molecule has 40 heteroatoms. The van der Waals surface area contributed by atoms with Crippen molar-refractivity contribution in [1.82, 2.24) is 19.6 Å². The van der Waals surface area contributed by atoms with E-state index in [-0.39, 0.29) is 175 Å². The van der Waals surface area contributed by atoms with Crippen LogP contribution in [0, 0.1) is 0 Å². The van der Waals surface area contributed by atoms with Crippen molar-refractivity contribution in [3.05, 3.63) is 97.2 Å². The largest absolute Gasteiger partial charge is 0.479 e. The fourth-order valence-corrected chi connectivity index (χ4v) is 61.5. The zero-order chi connectivity index (χ0) is 69.5. The lowest BCUT2D eigenvalue weighted by atomic mass is 10.4. The first-order chi connectivity index (χ1) is 45.4. The van der Waals surface area contributed by atoms with Gasteiger partial charge in [-0.05, 0) is 79.1 Å². The van der Waals surface area contributed by atoms with Crippen molar-refractivity contribution in [2.24, 2.45) is 0 Å². The van der Waals surface area contributed by atoms with Crippen LogP contribution in [0.25, 0.3) is 0 Å². The highest BCUT2D eigenvalue weighted by Gasteiger charge is 2.83. The number of nitrogens with zero attached hydrogens (tertiary/aromatic N) is 4.